The average Bonchev–Trinajstić information content (AvgIpc) is 3.99. The predicted octanol–water partition coefficient (Wildman–Crippen LogP) is 16.2. The Morgan fingerprint density at radius 3 is 1.32 bits per heavy atom. The number of hydrogen-bond acceptors (Lipinski definition) is 0. The van der Waals surface area contributed by atoms with Gasteiger partial charge in [0.05, 0.1) is 38.8 Å². The Kier molecular flexibility index (Phi) is 8.04. The molecule has 296 valence electrons. The highest BCUT2D eigenvalue weighted by Crippen LogP contribution is 2.42. The van der Waals surface area contributed by atoms with Gasteiger partial charge < -0.3 is 13.7 Å². The molecule has 12 aromatic rings. The van der Waals surface area contributed by atoms with Crippen molar-refractivity contribution < 1.29 is 0 Å². The topological polar surface area (TPSA) is 14.8 Å². The Labute approximate surface area is 365 Å². The molecule has 0 unspecified atom stereocenters. The van der Waals surface area contributed by atoms with E-state index in [1.807, 2.05) is 0 Å². The number of para-hydroxylation sites is 4. The highest BCUT2D eigenvalue weighted by Gasteiger charge is 2.20. The maximum atomic E-state index is 2.47. The smallest absolute Gasteiger partial charge is 0.0541 e. The van der Waals surface area contributed by atoms with Gasteiger partial charge in [0.15, 0.2) is 0 Å². The van der Waals surface area contributed by atoms with Crippen molar-refractivity contribution in [2.24, 2.45) is 0 Å². The maximum absolute atomic E-state index is 2.47. The zero-order chi connectivity index (χ0) is 41.4. The molecule has 63 heavy (non-hydrogen) atoms. The Bertz CT molecular complexity index is 3840. The minimum absolute atomic E-state index is 1.07. The van der Waals surface area contributed by atoms with Crippen LogP contribution in [0.1, 0.15) is 12.8 Å². The summed E-state index contributed by atoms with van der Waals surface area (Å²) in [5.41, 5.74) is 18.1. The van der Waals surface area contributed by atoms with E-state index in [0.717, 1.165) is 12.8 Å². The van der Waals surface area contributed by atoms with Gasteiger partial charge in [-0.1, -0.05) is 140 Å². The van der Waals surface area contributed by atoms with E-state index in [2.05, 4.69) is 238 Å². The van der Waals surface area contributed by atoms with Crippen LogP contribution in [0.25, 0.3) is 116 Å². The largest absolute Gasteiger partial charge is 0.310 e. The number of hydrogen-bond donors (Lipinski definition) is 0. The first-order chi connectivity index (χ1) is 31.3. The summed E-state index contributed by atoms with van der Waals surface area (Å²) in [5, 5.41) is 7.51. The molecular formula is C60H41N3. The summed E-state index contributed by atoms with van der Waals surface area (Å²) < 4.78 is 7.29. The lowest BCUT2D eigenvalue weighted by Crippen LogP contribution is -1.97. The zero-order valence-electron chi connectivity index (χ0n) is 34.6. The van der Waals surface area contributed by atoms with E-state index in [1.165, 1.54) is 116 Å². The highest BCUT2D eigenvalue weighted by atomic mass is 15.0. The van der Waals surface area contributed by atoms with Crippen LogP contribution in [0.15, 0.2) is 224 Å². The fourth-order valence-corrected chi connectivity index (χ4v) is 10.4. The van der Waals surface area contributed by atoms with E-state index in [0.29, 0.717) is 0 Å². The number of allylic oxidation sites excluding steroid dienone is 4. The van der Waals surface area contributed by atoms with E-state index >= 15 is 0 Å². The fraction of sp³-hybridized carbons (Fsp3) is 0.0333. The third kappa shape index (κ3) is 5.60. The summed E-state index contributed by atoms with van der Waals surface area (Å²) in [7, 11) is 0. The first kappa shape index (κ1) is 35.6. The molecule has 0 saturated heterocycles. The molecular weight excluding hydrogens is 763 g/mol. The molecule has 0 amide bonds. The first-order valence-corrected chi connectivity index (χ1v) is 22.0. The van der Waals surface area contributed by atoms with E-state index in [9.17, 15) is 0 Å². The third-order valence-corrected chi connectivity index (χ3v) is 13.3. The number of benzene rings is 9. The normalized spacial score (nSPS) is 13.0. The quantitative estimate of drug-likeness (QED) is 0.159. The average molecular weight is 804 g/mol. The number of rotatable bonds is 6. The fourth-order valence-electron chi connectivity index (χ4n) is 10.4. The molecule has 13 rings (SSSR count). The molecule has 1 aliphatic rings. The molecule has 0 N–H and O–H groups in total. The standard InChI is InChI=1S/C60H41N3/c1-4-16-40(17-5-1)47-22-10-13-25-54(47)63-59-34-30-43(41-28-32-57-50(36-41)48-23-11-14-26-55(48)61(57)45-18-6-2-7-19-45)38-52(59)53-39-44(31-35-60(53)63)42-29-33-58-51(37-42)49-24-12-15-27-56(49)62(58)46-20-8-3-9-21-46/h1-2,4-8,10-39H,3,9H2. The van der Waals surface area contributed by atoms with Crippen molar-refractivity contribution in [3.05, 3.63) is 224 Å². The van der Waals surface area contributed by atoms with Crippen molar-refractivity contribution >= 4 is 71.1 Å². The Hall–Kier alpha value is -8.14. The number of nitrogens with zero attached hydrogens (tertiary/aromatic N) is 3. The van der Waals surface area contributed by atoms with Crippen LogP contribution >= 0.6 is 0 Å². The van der Waals surface area contributed by atoms with Crippen molar-refractivity contribution in [2.45, 2.75) is 12.8 Å². The molecule has 0 atom stereocenters. The Morgan fingerprint density at radius 1 is 0.302 bits per heavy atom. The molecule has 0 bridgehead atoms. The molecule has 0 radical (unpaired) electrons. The van der Waals surface area contributed by atoms with Crippen LogP contribution in [0.4, 0.5) is 0 Å². The van der Waals surface area contributed by atoms with Crippen LogP contribution in [0.3, 0.4) is 0 Å². The molecule has 3 aromatic heterocycles. The van der Waals surface area contributed by atoms with Crippen LogP contribution in [0, 0.1) is 0 Å². The van der Waals surface area contributed by atoms with E-state index in [-0.39, 0.29) is 0 Å². The van der Waals surface area contributed by atoms with Crippen LogP contribution < -0.4 is 0 Å². The van der Waals surface area contributed by atoms with E-state index in [4.69, 9.17) is 0 Å². The van der Waals surface area contributed by atoms with Gasteiger partial charge in [-0.3, -0.25) is 0 Å². The zero-order valence-corrected chi connectivity index (χ0v) is 34.6. The van der Waals surface area contributed by atoms with Gasteiger partial charge in [-0.2, -0.15) is 0 Å². The van der Waals surface area contributed by atoms with Gasteiger partial charge in [0.1, 0.15) is 0 Å². The summed E-state index contributed by atoms with van der Waals surface area (Å²) in [5.74, 6) is 0. The van der Waals surface area contributed by atoms with E-state index < -0.39 is 0 Å². The second kappa shape index (κ2) is 14.2. The monoisotopic (exact) mass is 803 g/mol. The minimum atomic E-state index is 1.07. The highest BCUT2D eigenvalue weighted by molar-refractivity contribution is 6.15. The predicted molar refractivity (Wildman–Crippen MR) is 267 cm³/mol. The second-order valence-electron chi connectivity index (χ2n) is 16.8. The number of aromatic nitrogens is 3. The third-order valence-electron chi connectivity index (χ3n) is 13.3. The van der Waals surface area contributed by atoms with Crippen molar-refractivity contribution in [1.82, 2.24) is 13.7 Å². The van der Waals surface area contributed by atoms with Crippen LogP contribution in [0.5, 0.6) is 0 Å². The summed E-state index contributed by atoms with van der Waals surface area (Å²) >= 11 is 0. The number of fused-ring (bicyclic) bond motifs is 9. The van der Waals surface area contributed by atoms with Gasteiger partial charge in [-0.25, -0.2) is 0 Å². The molecule has 3 nitrogen and oxygen atoms in total. The van der Waals surface area contributed by atoms with E-state index in [1.54, 1.807) is 0 Å². The van der Waals surface area contributed by atoms with Crippen LogP contribution in [0.2, 0.25) is 0 Å². The maximum Gasteiger partial charge on any atom is 0.0541 e. The van der Waals surface area contributed by atoms with Crippen molar-refractivity contribution in [3.8, 4) is 44.8 Å². The van der Waals surface area contributed by atoms with Gasteiger partial charge in [-0.05, 0) is 126 Å². The van der Waals surface area contributed by atoms with Crippen LogP contribution in [-0.4, -0.2) is 13.7 Å². The Balaban J connectivity index is 1.03. The molecule has 1 aliphatic carbocycles. The summed E-state index contributed by atoms with van der Waals surface area (Å²) in [4.78, 5) is 0. The van der Waals surface area contributed by atoms with Gasteiger partial charge in [-0.15, -0.1) is 0 Å². The van der Waals surface area contributed by atoms with Gasteiger partial charge in [0.25, 0.3) is 0 Å². The lowest BCUT2D eigenvalue weighted by Gasteiger charge is -2.14. The SMILES string of the molecule is C1=CC(n2c3ccccc3c3cc(-c4ccc5c(c4)c4cc(-c6ccc7c(c6)c6ccccc6n7-c6ccccc6)ccc4n5-c4ccccc4-c4ccccc4)ccc32)=CCC1. The molecule has 3 heterocycles. The lowest BCUT2D eigenvalue weighted by molar-refractivity contribution is 1.02. The van der Waals surface area contributed by atoms with Gasteiger partial charge in [0, 0.05) is 49.3 Å². The van der Waals surface area contributed by atoms with Crippen molar-refractivity contribution in [2.75, 3.05) is 0 Å². The van der Waals surface area contributed by atoms with Crippen molar-refractivity contribution in [3.63, 3.8) is 0 Å². The molecule has 9 aromatic carbocycles. The molecule has 3 heteroatoms. The lowest BCUT2D eigenvalue weighted by atomic mass is 9.98. The van der Waals surface area contributed by atoms with Gasteiger partial charge >= 0.3 is 0 Å². The second-order valence-corrected chi connectivity index (χ2v) is 16.8. The molecule has 0 spiro atoms. The summed E-state index contributed by atoms with van der Waals surface area (Å²) in [6, 6.07) is 76.0. The first-order valence-electron chi connectivity index (χ1n) is 22.0. The molecule has 0 fully saturated rings. The van der Waals surface area contributed by atoms with Gasteiger partial charge in [0.2, 0.25) is 0 Å². The van der Waals surface area contributed by atoms with Crippen LogP contribution in [-0.2, 0) is 0 Å². The molecule has 0 saturated carbocycles. The molecule has 0 aliphatic heterocycles. The summed E-state index contributed by atoms with van der Waals surface area (Å²) in [6.07, 6.45) is 9.10. The van der Waals surface area contributed by atoms with Crippen molar-refractivity contribution in [1.29, 1.82) is 0 Å². The summed E-state index contributed by atoms with van der Waals surface area (Å²) in [6.45, 7) is 0. The Morgan fingerprint density at radius 2 is 0.746 bits per heavy atom. The minimum Gasteiger partial charge on any atom is -0.310 e.